The minimum atomic E-state index is -4.78. The van der Waals surface area contributed by atoms with Crippen LogP contribution in [0.2, 0.25) is 0 Å². The van der Waals surface area contributed by atoms with Crippen molar-refractivity contribution in [2.24, 2.45) is 0 Å². The Bertz CT molecular complexity index is 1340. The van der Waals surface area contributed by atoms with Crippen molar-refractivity contribution in [3.8, 4) is 0 Å². The number of carboxylic acids is 1. The van der Waals surface area contributed by atoms with E-state index in [2.05, 4.69) is 92.1 Å². The number of hydrogen-bond donors (Lipinski definition) is 4. The van der Waals surface area contributed by atoms with Gasteiger partial charge in [0.15, 0.2) is 6.04 Å². The summed E-state index contributed by atoms with van der Waals surface area (Å²) in [6.07, 6.45) is 51.8. The Balaban J connectivity index is 4.00. The summed E-state index contributed by atoms with van der Waals surface area (Å²) in [7, 11) is -4.78. The molecule has 0 bridgehead atoms. The topological polar surface area (TPSA) is 169 Å². The van der Waals surface area contributed by atoms with Crippen LogP contribution in [0.4, 0.5) is 0 Å². The zero-order chi connectivity index (χ0) is 44.2. The molecule has 0 saturated carbocycles. The second kappa shape index (κ2) is 42.4. The third-order valence-electron chi connectivity index (χ3n) is 9.16. The Labute approximate surface area is 362 Å². The minimum Gasteiger partial charge on any atom is -0.480 e. The number of ether oxygens (including phenoxy) is 1. The number of esters is 1. The maximum atomic E-state index is 12.3. The lowest BCUT2D eigenvalue weighted by molar-refractivity contribution is -0.147. The summed E-state index contributed by atoms with van der Waals surface area (Å²) in [6, 6.07) is -1.58. The molecule has 0 saturated heterocycles. The van der Waals surface area contributed by atoms with Crippen LogP contribution in [0.15, 0.2) is 85.1 Å². The molecule has 0 aliphatic rings. The van der Waals surface area contributed by atoms with Gasteiger partial charge in [-0.25, -0.2) is 9.36 Å². The number of carbonyl (C=O) groups is 3. The van der Waals surface area contributed by atoms with E-state index < -0.39 is 57.6 Å². The van der Waals surface area contributed by atoms with E-state index in [-0.39, 0.29) is 12.8 Å². The van der Waals surface area contributed by atoms with Gasteiger partial charge >= 0.3 is 19.8 Å². The van der Waals surface area contributed by atoms with Crippen LogP contribution in [0, 0.1) is 0 Å². The van der Waals surface area contributed by atoms with Gasteiger partial charge in [0, 0.05) is 12.8 Å². The molecule has 0 aromatic carbocycles. The molecule has 0 aliphatic heterocycles. The van der Waals surface area contributed by atoms with E-state index in [4.69, 9.17) is 13.8 Å². The number of nitrogens with one attached hydrogen (secondary N) is 1. The largest absolute Gasteiger partial charge is 0.480 e. The molecule has 3 atom stereocenters. The van der Waals surface area contributed by atoms with Crippen molar-refractivity contribution in [3.63, 3.8) is 0 Å². The molecule has 0 fully saturated rings. The summed E-state index contributed by atoms with van der Waals surface area (Å²) in [5.41, 5.74) is 0. The van der Waals surface area contributed by atoms with E-state index in [0.29, 0.717) is 19.3 Å². The number of phosphoric ester groups is 1. The predicted octanol–water partition coefficient (Wildman–Crippen LogP) is 11.9. The zero-order valence-electron chi connectivity index (χ0n) is 37.0. The molecule has 0 radical (unpaired) electrons. The highest BCUT2D eigenvalue weighted by atomic mass is 31.2. The van der Waals surface area contributed by atoms with Gasteiger partial charge in [-0.15, -0.1) is 0 Å². The summed E-state index contributed by atoms with van der Waals surface area (Å²) in [5.74, 6) is -2.48. The van der Waals surface area contributed by atoms with Crippen molar-refractivity contribution in [1.29, 1.82) is 0 Å². The number of rotatable bonds is 41. The SMILES string of the molecule is CCCCC/C=C\C/C=C\C/C=C\C/C=C\CCCC(=O)NC(COP(=O)(O)OCC(O)COC(=O)CCCCCCCC/C=C\C/C=C\C/C=C\CCCCC)C(=O)O. The lowest BCUT2D eigenvalue weighted by Crippen LogP contribution is -2.43. The molecule has 0 aromatic heterocycles. The smallest absolute Gasteiger partial charge is 0.472 e. The molecule has 0 spiro atoms. The maximum Gasteiger partial charge on any atom is 0.472 e. The third-order valence-corrected chi connectivity index (χ3v) is 10.1. The molecule has 4 N–H and O–H groups in total. The Kier molecular flexibility index (Phi) is 40.0. The number of carboxylic acid groups (broad SMARTS) is 1. The molecule has 0 aromatic rings. The number of amides is 1. The van der Waals surface area contributed by atoms with Crippen LogP contribution < -0.4 is 5.32 Å². The van der Waals surface area contributed by atoms with E-state index in [1.807, 2.05) is 12.2 Å². The fourth-order valence-electron chi connectivity index (χ4n) is 5.61. The average molecular weight is 862 g/mol. The summed E-state index contributed by atoms with van der Waals surface area (Å²) in [5, 5.41) is 21.8. The predicted molar refractivity (Wildman–Crippen MR) is 244 cm³/mol. The van der Waals surface area contributed by atoms with Crippen molar-refractivity contribution >= 4 is 25.7 Å². The molecular formula is C48H80NO10P. The van der Waals surface area contributed by atoms with Crippen LogP contribution in [0.25, 0.3) is 0 Å². The maximum absolute atomic E-state index is 12.3. The number of aliphatic hydroxyl groups excluding tert-OH is 1. The highest BCUT2D eigenvalue weighted by molar-refractivity contribution is 7.47. The second-order valence-electron chi connectivity index (χ2n) is 14.9. The van der Waals surface area contributed by atoms with Gasteiger partial charge in [0.05, 0.1) is 13.2 Å². The van der Waals surface area contributed by atoms with Gasteiger partial charge < -0.3 is 25.2 Å². The molecule has 0 heterocycles. The molecular weight excluding hydrogens is 781 g/mol. The monoisotopic (exact) mass is 862 g/mol. The highest BCUT2D eigenvalue weighted by Gasteiger charge is 2.28. The summed E-state index contributed by atoms with van der Waals surface area (Å²) >= 11 is 0. The Morgan fingerprint density at radius 3 is 1.40 bits per heavy atom. The quantitative estimate of drug-likeness (QED) is 0.0201. The van der Waals surface area contributed by atoms with E-state index >= 15 is 0 Å². The highest BCUT2D eigenvalue weighted by Crippen LogP contribution is 2.43. The molecule has 11 nitrogen and oxygen atoms in total. The van der Waals surface area contributed by atoms with Crippen LogP contribution in [0.3, 0.4) is 0 Å². The summed E-state index contributed by atoms with van der Waals surface area (Å²) in [6.45, 7) is 2.47. The van der Waals surface area contributed by atoms with Gasteiger partial charge in [0.2, 0.25) is 5.91 Å². The van der Waals surface area contributed by atoms with Crippen LogP contribution in [0.1, 0.15) is 168 Å². The standard InChI is InChI=1S/C48H80NO10P/c1-3-5-7-9-11-13-15-17-19-21-22-24-26-28-30-32-34-36-38-40-47(52)57-41-44(50)42-58-60(55,56)59-43-45(48(53)54)49-46(51)39-37-35-33-31-29-27-25-23-20-18-16-14-12-10-8-6-4-2/h11-14,17-20,22,24-25,27,31,33,44-45,50H,3-10,15-16,21,23,26,28-30,32,34-43H2,1-2H3,(H,49,51)(H,53,54)(H,55,56)/b13-11-,14-12-,19-17-,20-18-,24-22-,27-25-,33-31-. The molecule has 12 heteroatoms. The fourth-order valence-corrected chi connectivity index (χ4v) is 6.38. The first-order chi connectivity index (χ1) is 29.1. The Morgan fingerprint density at radius 1 is 0.533 bits per heavy atom. The molecule has 1 amide bonds. The lowest BCUT2D eigenvalue weighted by atomic mass is 10.1. The van der Waals surface area contributed by atoms with Gasteiger partial charge in [-0.2, -0.15) is 0 Å². The number of unbranched alkanes of at least 4 members (excludes halogenated alkanes) is 13. The van der Waals surface area contributed by atoms with E-state index in [1.165, 1.54) is 44.9 Å². The van der Waals surface area contributed by atoms with Crippen LogP contribution >= 0.6 is 7.82 Å². The van der Waals surface area contributed by atoms with Crippen molar-refractivity contribution in [2.75, 3.05) is 19.8 Å². The fraction of sp³-hybridized carbons (Fsp3) is 0.646. The zero-order valence-corrected chi connectivity index (χ0v) is 37.9. The first kappa shape index (κ1) is 56.7. The van der Waals surface area contributed by atoms with Crippen molar-refractivity contribution in [3.05, 3.63) is 85.1 Å². The summed E-state index contributed by atoms with van der Waals surface area (Å²) in [4.78, 5) is 45.9. The first-order valence-electron chi connectivity index (χ1n) is 22.6. The van der Waals surface area contributed by atoms with E-state index in [9.17, 15) is 34.1 Å². The lowest BCUT2D eigenvalue weighted by Gasteiger charge is -2.18. The minimum absolute atomic E-state index is 0.0643. The number of aliphatic hydroxyl groups is 1. The Hall–Kier alpha value is -3.34. The van der Waals surface area contributed by atoms with Gasteiger partial charge in [0.25, 0.3) is 0 Å². The van der Waals surface area contributed by atoms with Crippen LogP contribution in [-0.2, 0) is 32.7 Å². The number of aliphatic carboxylic acids is 1. The first-order valence-corrected chi connectivity index (χ1v) is 24.1. The molecule has 342 valence electrons. The molecule has 0 rings (SSSR count). The molecule has 60 heavy (non-hydrogen) atoms. The molecule has 3 unspecified atom stereocenters. The van der Waals surface area contributed by atoms with Crippen LogP contribution in [0.5, 0.6) is 0 Å². The number of carbonyl (C=O) groups excluding carboxylic acids is 2. The second-order valence-corrected chi connectivity index (χ2v) is 16.3. The normalized spacial score (nSPS) is 14.5. The summed E-state index contributed by atoms with van der Waals surface area (Å²) < 4.78 is 26.8. The Morgan fingerprint density at radius 2 is 0.933 bits per heavy atom. The number of allylic oxidation sites excluding steroid dienone is 14. The van der Waals surface area contributed by atoms with Crippen molar-refractivity contribution in [1.82, 2.24) is 5.32 Å². The van der Waals surface area contributed by atoms with Crippen molar-refractivity contribution in [2.45, 2.75) is 180 Å². The average Bonchev–Trinajstić information content (AvgIpc) is 3.22. The van der Waals surface area contributed by atoms with Crippen molar-refractivity contribution < 1.29 is 47.8 Å². The molecule has 0 aliphatic carbocycles. The van der Waals surface area contributed by atoms with Crippen LogP contribution in [-0.4, -0.2) is 64.9 Å². The number of hydrogen-bond acceptors (Lipinski definition) is 8. The number of phosphoric acid groups is 1. The van der Waals surface area contributed by atoms with E-state index in [1.54, 1.807) is 0 Å². The van der Waals surface area contributed by atoms with Gasteiger partial charge in [-0.3, -0.25) is 18.6 Å². The third kappa shape index (κ3) is 41.4. The van der Waals surface area contributed by atoms with Gasteiger partial charge in [-0.1, -0.05) is 150 Å². The van der Waals surface area contributed by atoms with E-state index in [0.717, 1.165) is 77.0 Å². The van der Waals surface area contributed by atoms with Gasteiger partial charge in [-0.05, 0) is 89.9 Å². The van der Waals surface area contributed by atoms with Gasteiger partial charge in [0.1, 0.15) is 12.7 Å².